The van der Waals surface area contributed by atoms with Crippen molar-refractivity contribution < 1.29 is 14.3 Å². The Balaban J connectivity index is 1.74. The number of fused-ring (bicyclic) bond motifs is 5. The molecular formula is C16H15NO3. The fourth-order valence-electron chi connectivity index (χ4n) is 3.91. The lowest BCUT2D eigenvalue weighted by Crippen LogP contribution is -2.32. The van der Waals surface area contributed by atoms with Gasteiger partial charge in [-0.15, -0.1) is 0 Å². The van der Waals surface area contributed by atoms with E-state index in [4.69, 9.17) is 4.74 Å². The summed E-state index contributed by atoms with van der Waals surface area (Å²) in [6, 6.07) is 7.14. The first-order valence-electron chi connectivity index (χ1n) is 6.91. The highest BCUT2D eigenvalue weighted by molar-refractivity contribution is 6.22. The molecule has 0 unspecified atom stereocenters. The Labute approximate surface area is 117 Å². The van der Waals surface area contributed by atoms with Crippen LogP contribution in [0, 0.1) is 23.7 Å². The minimum Gasteiger partial charge on any atom is -0.497 e. The van der Waals surface area contributed by atoms with Crippen LogP contribution in [0.2, 0.25) is 0 Å². The van der Waals surface area contributed by atoms with E-state index < -0.39 is 0 Å². The number of nitrogens with zero attached hydrogens (tertiary/aromatic N) is 1. The van der Waals surface area contributed by atoms with Crippen molar-refractivity contribution in [2.75, 3.05) is 12.0 Å². The molecular weight excluding hydrogens is 254 g/mol. The molecule has 102 valence electrons. The van der Waals surface area contributed by atoms with E-state index in [0.29, 0.717) is 11.4 Å². The fourth-order valence-corrected chi connectivity index (χ4v) is 3.91. The number of imide groups is 1. The topological polar surface area (TPSA) is 46.6 Å². The molecule has 2 fully saturated rings. The maximum absolute atomic E-state index is 12.6. The van der Waals surface area contributed by atoms with Gasteiger partial charge in [-0.2, -0.15) is 0 Å². The molecule has 1 aliphatic heterocycles. The predicted molar refractivity (Wildman–Crippen MR) is 73.2 cm³/mol. The van der Waals surface area contributed by atoms with Crippen LogP contribution in [-0.2, 0) is 9.59 Å². The molecule has 0 radical (unpaired) electrons. The third-order valence-electron chi connectivity index (χ3n) is 4.78. The minimum atomic E-state index is -0.149. The summed E-state index contributed by atoms with van der Waals surface area (Å²) in [7, 11) is 1.58. The summed E-state index contributed by atoms with van der Waals surface area (Å²) in [5.41, 5.74) is 0.619. The van der Waals surface area contributed by atoms with Crippen LogP contribution in [-0.4, -0.2) is 18.9 Å². The Kier molecular flexibility index (Phi) is 2.31. The number of carbonyl (C=O) groups is 2. The van der Waals surface area contributed by atoms with E-state index in [-0.39, 0.29) is 35.5 Å². The molecule has 0 N–H and O–H groups in total. The smallest absolute Gasteiger partial charge is 0.238 e. The van der Waals surface area contributed by atoms with Gasteiger partial charge in [0.15, 0.2) is 0 Å². The molecule has 0 spiro atoms. The Bertz CT molecular complexity index is 606. The van der Waals surface area contributed by atoms with Crippen LogP contribution in [0.15, 0.2) is 36.4 Å². The third kappa shape index (κ3) is 1.36. The summed E-state index contributed by atoms with van der Waals surface area (Å²) < 4.78 is 5.17. The molecule has 3 aliphatic rings. The number of hydrogen-bond donors (Lipinski definition) is 0. The van der Waals surface area contributed by atoms with Crippen LogP contribution >= 0.6 is 0 Å². The number of hydrogen-bond acceptors (Lipinski definition) is 3. The van der Waals surface area contributed by atoms with E-state index in [1.165, 1.54) is 4.90 Å². The first kappa shape index (κ1) is 11.7. The van der Waals surface area contributed by atoms with E-state index in [2.05, 4.69) is 12.2 Å². The van der Waals surface area contributed by atoms with Gasteiger partial charge in [0.25, 0.3) is 0 Å². The van der Waals surface area contributed by atoms with Crippen LogP contribution in [0.1, 0.15) is 6.42 Å². The molecule has 1 aromatic rings. The molecule has 1 saturated heterocycles. The number of rotatable bonds is 2. The lowest BCUT2D eigenvalue weighted by Gasteiger charge is -2.17. The Morgan fingerprint density at radius 2 is 1.75 bits per heavy atom. The normalized spacial score (nSPS) is 34.0. The van der Waals surface area contributed by atoms with Crippen molar-refractivity contribution in [1.82, 2.24) is 0 Å². The summed E-state index contributed by atoms with van der Waals surface area (Å²) in [5, 5.41) is 0. The third-order valence-corrected chi connectivity index (χ3v) is 4.78. The van der Waals surface area contributed by atoms with Gasteiger partial charge >= 0.3 is 0 Å². The molecule has 4 nitrogen and oxygen atoms in total. The monoisotopic (exact) mass is 269 g/mol. The predicted octanol–water partition coefficient (Wildman–Crippen LogP) is 2.01. The molecule has 20 heavy (non-hydrogen) atoms. The number of carbonyl (C=O) groups excluding carboxylic acids is 2. The number of anilines is 1. The van der Waals surface area contributed by atoms with E-state index in [1.807, 2.05) is 0 Å². The number of amides is 2. The quantitative estimate of drug-likeness (QED) is 0.609. The minimum absolute atomic E-state index is 0.0508. The maximum Gasteiger partial charge on any atom is 0.238 e. The van der Waals surface area contributed by atoms with Gasteiger partial charge in [-0.1, -0.05) is 18.2 Å². The maximum atomic E-state index is 12.6. The SMILES string of the molecule is COc1cccc(N2C(=O)[C@@H]3[C@@H](C2=O)[C@H]2C=C[C@H]3C2)c1. The van der Waals surface area contributed by atoms with Crippen molar-refractivity contribution in [2.45, 2.75) is 6.42 Å². The molecule has 0 aromatic heterocycles. The van der Waals surface area contributed by atoms with Gasteiger partial charge in [0.2, 0.25) is 11.8 Å². The highest BCUT2D eigenvalue weighted by atomic mass is 16.5. The van der Waals surface area contributed by atoms with Gasteiger partial charge in [0, 0.05) is 6.07 Å². The molecule has 4 heteroatoms. The average molecular weight is 269 g/mol. The van der Waals surface area contributed by atoms with Crippen LogP contribution in [0.5, 0.6) is 5.75 Å². The molecule has 4 atom stereocenters. The van der Waals surface area contributed by atoms with Crippen LogP contribution in [0.25, 0.3) is 0 Å². The second-order valence-electron chi connectivity index (χ2n) is 5.71. The number of ether oxygens (including phenoxy) is 1. The largest absolute Gasteiger partial charge is 0.497 e. The first-order chi connectivity index (χ1) is 9.70. The van der Waals surface area contributed by atoms with E-state index in [9.17, 15) is 9.59 Å². The number of methoxy groups -OCH3 is 1. The summed E-state index contributed by atoms with van der Waals surface area (Å²) in [6.45, 7) is 0. The van der Waals surface area contributed by atoms with Crippen molar-refractivity contribution in [2.24, 2.45) is 23.7 Å². The zero-order valence-electron chi connectivity index (χ0n) is 11.2. The van der Waals surface area contributed by atoms with Crippen molar-refractivity contribution in [3.05, 3.63) is 36.4 Å². The van der Waals surface area contributed by atoms with Crippen molar-refractivity contribution in [3.8, 4) is 5.75 Å². The van der Waals surface area contributed by atoms with Crippen molar-refractivity contribution in [1.29, 1.82) is 0 Å². The number of allylic oxidation sites excluding steroid dienone is 2. The Morgan fingerprint density at radius 1 is 1.10 bits per heavy atom. The summed E-state index contributed by atoms with van der Waals surface area (Å²) in [5.74, 6) is 0.748. The van der Waals surface area contributed by atoms with E-state index in [0.717, 1.165) is 6.42 Å². The molecule has 1 aromatic carbocycles. The zero-order valence-corrected chi connectivity index (χ0v) is 11.2. The lowest BCUT2D eigenvalue weighted by molar-refractivity contribution is -0.123. The van der Waals surface area contributed by atoms with Crippen LogP contribution in [0.4, 0.5) is 5.69 Å². The fraction of sp³-hybridized carbons (Fsp3) is 0.375. The molecule has 2 bridgehead atoms. The molecule has 1 saturated carbocycles. The first-order valence-corrected chi connectivity index (χ1v) is 6.91. The van der Waals surface area contributed by atoms with Gasteiger partial charge in [-0.25, -0.2) is 4.90 Å². The van der Waals surface area contributed by atoms with Gasteiger partial charge in [-0.05, 0) is 30.4 Å². The van der Waals surface area contributed by atoms with E-state index in [1.54, 1.807) is 31.4 Å². The average Bonchev–Trinajstić information content (AvgIpc) is 3.13. The molecule has 1 heterocycles. The van der Waals surface area contributed by atoms with Gasteiger partial charge in [0.05, 0.1) is 24.6 Å². The van der Waals surface area contributed by atoms with Crippen LogP contribution in [0.3, 0.4) is 0 Å². The molecule has 2 aliphatic carbocycles. The van der Waals surface area contributed by atoms with Crippen LogP contribution < -0.4 is 9.64 Å². The Morgan fingerprint density at radius 3 is 2.35 bits per heavy atom. The van der Waals surface area contributed by atoms with Crippen molar-refractivity contribution >= 4 is 17.5 Å². The van der Waals surface area contributed by atoms with Gasteiger partial charge in [0.1, 0.15) is 5.75 Å². The second-order valence-corrected chi connectivity index (χ2v) is 5.71. The standard InChI is InChI=1S/C16H15NO3/c1-20-12-4-2-3-11(8-12)17-15(18)13-9-5-6-10(7-9)14(13)16(17)19/h2-6,8-10,13-14H,7H2,1H3/t9-,10-,13-,14-/m0/s1. The summed E-state index contributed by atoms with van der Waals surface area (Å²) in [6.07, 6.45) is 5.16. The summed E-state index contributed by atoms with van der Waals surface area (Å²) in [4.78, 5) is 26.6. The molecule has 2 amide bonds. The Hall–Kier alpha value is -2.10. The summed E-state index contributed by atoms with van der Waals surface area (Å²) >= 11 is 0. The zero-order chi connectivity index (χ0) is 13.9. The lowest BCUT2D eigenvalue weighted by atomic mass is 9.85. The highest BCUT2D eigenvalue weighted by Gasteiger charge is 2.59. The van der Waals surface area contributed by atoms with Gasteiger partial charge in [-0.3, -0.25) is 9.59 Å². The number of benzene rings is 1. The second kappa shape index (κ2) is 3.95. The van der Waals surface area contributed by atoms with Gasteiger partial charge < -0.3 is 4.74 Å². The van der Waals surface area contributed by atoms with E-state index >= 15 is 0 Å². The highest BCUT2D eigenvalue weighted by Crippen LogP contribution is 2.53. The van der Waals surface area contributed by atoms with Crippen molar-refractivity contribution in [3.63, 3.8) is 0 Å². The molecule has 4 rings (SSSR count).